The molecular formula is C18H13N7O2S. The number of fused-ring (bicyclic) bond motifs is 1. The van der Waals surface area contributed by atoms with Gasteiger partial charge < -0.3 is 5.11 Å². The SMILES string of the molecule is Cc1nsc(N=Nc2c(O)c(C(=O)Nc3ncccn3)cc3ccccc23)n1. The van der Waals surface area contributed by atoms with Gasteiger partial charge in [-0.2, -0.15) is 4.37 Å². The Balaban J connectivity index is 1.78. The van der Waals surface area contributed by atoms with E-state index in [1.54, 1.807) is 25.1 Å². The number of nitrogens with zero attached hydrogens (tertiary/aromatic N) is 6. The van der Waals surface area contributed by atoms with Crippen LogP contribution in [-0.4, -0.2) is 30.3 Å². The quantitative estimate of drug-likeness (QED) is 0.503. The van der Waals surface area contributed by atoms with Gasteiger partial charge in [0, 0.05) is 29.3 Å². The van der Waals surface area contributed by atoms with Gasteiger partial charge in [-0.25, -0.2) is 15.0 Å². The van der Waals surface area contributed by atoms with Crippen molar-refractivity contribution in [1.82, 2.24) is 19.3 Å². The van der Waals surface area contributed by atoms with E-state index in [2.05, 4.69) is 34.9 Å². The number of nitrogens with one attached hydrogen (secondary N) is 1. The highest BCUT2D eigenvalue weighted by Gasteiger charge is 2.19. The van der Waals surface area contributed by atoms with Crippen molar-refractivity contribution in [2.24, 2.45) is 10.2 Å². The number of amides is 1. The van der Waals surface area contributed by atoms with Gasteiger partial charge in [-0.3, -0.25) is 10.1 Å². The number of anilines is 1. The second-order valence-corrected chi connectivity index (χ2v) is 6.42. The van der Waals surface area contributed by atoms with Crippen LogP contribution in [-0.2, 0) is 0 Å². The summed E-state index contributed by atoms with van der Waals surface area (Å²) in [5.41, 5.74) is 0.207. The molecule has 0 spiro atoms. The summed E-state index contributed by atoms with van der Waals surface area (Å²) in [7, 11) is 0. The summed E-state index contributed by atoms with van der Waals surface area (Å²) < 4.78 is 4.04. The Morgan fingerprint density at radius 2 is 1.93 bits per heavy atom. The smallest absolute Gasteiger partial charge is 0.261 e. The van der Waals surface area contributed by atoms with E-state index in [1.165, 1.54) is 12.4 Å². The van der Waals surface area contributed by atoms with Gasteiger partial charge >= 0.3 is 0 Å². The molecule has 2 aromatic heterocycles. The van der Waals surface area contributed by atoms with Crippen LogP contribution in [0.2, 0.25) is 0 Å². The number of aromatic hydroxyl groups is 1. The van der Waals surface area contributed by atoms with Crippen LogP contribution < -0.4 is 5.32 Å². The zero-order valence-electron chi connectivity index (χ0n) is 14.6. The van der Waals surface area contributed by atoms with Gasteiger partial charge in [-0.05, 0) is 24.4 Å². The predicted molar refractivity (Wildman–Crippen MR) is 104 cm³/mol. The third-order valence-corrected chi connectivity index (χ3v) is 4.48. The Kier molecular flexibility index (Phi) is 4.68. The lowest BCUT2D eigenvalue weighted by atomic mass is 10.0. The van der Waals surface area contributed by atoms with Crippen molar-refractivity contribution in [2.45, 2.75) is 6.92 Å². The maximum atomic E-state index is 12.7. The van der Waals surface area contributed by atoms with E-state index in [9.17, 15) is 9.90 Å². The summed E-state index contributed by atoms with van der Waals surface area (Å²) in [4.78, 5) is 24.7. The number of carbonyl (C=O) groups is 1. The molecule has 0 fully saturated rings. The molecule has 0 saturated carbocycles. The Hall–Kier alpha value is -3.79. The zero-order valence-corrected chi connectivity index (χ0v) is 15.4. The molecule has 0 aliphatic heterocycles. The summed E-state index contributed by atoms with van der Waals surface area (Å²) in [5.74, 6) is -0.133. The lowest BCUT2D eigenvalue weighted by Crippen LogP contribution is -2.14. The summed E-state index contributed by atoms with van der Waals surface area (Å²) >= 11 is 1.09. The predicted octanol–water partition coefficient (Wildman–Crippen LogP) is 4.16. The maximum Gasteiger partial charge on any atom is 0.261 e. The van der Waals surface area contributed by atoms with Crippen LogP contribution in [0.25, 0.3) is 10.8 Å². The molecule has 28 heavy (non-hydrogen) atoms. The van der Waals surface area contributed by atoms with E-state index >= 15 is 0 Å². The van der Waals surface area contributed by atoms with Crippen LogP contribution in [0, 0.1) is 6.92 Å². The minimum atomic E-state index is -0.558. The molecule has 2 heterocycles. The molecule has 0 radical (unpaired) electrons. The van der Waals surface area contributed by atoms with Crippen molar-refractivity contribution in [1.29, 1.82) is 0 Å². The fourth-order valence-corrected chi connectivity index (χ4v) is 3.05. The number of hydrogen-bond acceptors (Lipinski definition) is 9. The molecule has 0 aliphatic carbocycles. The van der Waals surface area contributed by atoms with Gasteiger partial charge in [0.25, 0.3) is 5.91 Å². The van der Waals surface area contributed by atoms with Crippen molar-refractivity contribution in [3.63, 3.8) is 0 Å². The standard InChI is InChI=1S/C18H13N7O2S/c1-10-21-18(28-25-10)24-23-14-12-6-3-2-5-11(12)9-13(15(14)26)16(27)22-17-19-7-4-8-20-17/h2-9,26H,1H3,(H,19,20,22,27). The largest absolute Gasteiger partial charge is 0.505 e. The number of hydrogen-bond donors (Lipinski definition) is 2. The lowest BCUT2D eigenvalue weighted by Gasteiger charge is -2.10. The molecule has 2 aromatic carbocycles. The minimum absolute atomic E-state index is 0.0357. The van der Waals surface area contributed by atoms with E-state index in [4.69, 9.17) is 0 Å². The first-order chi connectivity index (χ1) is 13.6. The summed E-state index contributed by atoms with van der Waals surface area (Å²) in [6.07, 6.45) is 3.01. The zero-order chi connectivity index (χ0) is 19.5. The third-order valence-electron chi connectivity index (χ3n) is 3.78. The van der Waals surface area contributed by atoms with Gasteiger partial charge in [0.2, 0.25) is 11.1 Å². The van der Waals surface area contributed by atoms with Gasteiger partial charge in [-0.1, -0.05) is 24.3 Å². The number of rotatable bonds is 4. The third kappa shape index (κ3) is 3.53. The molecule has 10 heteroatoms. The van der Waals surface area contributed by atoms with Crippen molar-refractivity contribution in [2.75, 3.05) is 5.32 Å². The van der Waals surface area contributed by atoms with Crippen LogP contribution in [0.4, 0.5) is 16.8 Å². The molecule has 0 atom stereocenters. The first kappa shape index (κ1) is 17.6. The van der Waals surface area contributed by atoms with E-state index in [0.717, 1.165) is 16.9 Å². The average molecular weight is 391 g/mol. The van der Waals surface area contributed by atoms with Gasteiger partial charge in [-0.15, -0.1) is 10.2 Å². The molecule has 138 valence electrons. The highest BCUT2D eigenvalue weighted by molar-refractivity contribution is 7.09. The Morgan fingerprint density at radius 3 is 2.68 bits per heavy atom. The monoisotopic (exact) mass is 391 g/mol. The van der Waals surface area contributed by atoms with Gasteiger partial charge in [0.15, 0.2) is 5.75 Å². The number of phenolic OH excluding ortho intramolecular Hbond substituents is 1. The number of aryl methyl sites for hydroxylation is 1. The molecule has 1 amide bonds. The highest BCUT2D eigenvalue weighted by atomic mass is 32.1. The first-order valence-electron chi connectivity index (χ1n) is 8.17. The van der Waals surface area contributed by atoms with E-state index in [1.807, 2.05) is 18.2 Å². The summed E-state index contributed by atoms with van der Waals surface area (Å²) in [5, 5.41) is 23.2. The lowest BCUT2D eigenvalue weighted by molar-refractivity contribution is 0.102. The van der Waals surface area contributed by atoms with Crippen molar-refractivity contribution in [3.05, 3.63) is 60.2 Å². The molecule has 0 bridgehead atoms. The van der Waals surface area contributed by atoms with Crippen LogP contribution in [0.1, 0.15) is 16.2 Å². The van der Waals surface area contributed by atoms with Crippen molar-refractivity contribution < 1.29 is 9.90 Å². The molecule has 0 saturated heterocycles. The van der Waals surface area contributed by atoms with Crippen molar-refractivity contribution >= 4 is 45.0 Å². The number of benzene rings is 2. The molecule has 0 unspecified atom stereocenters. The van der Waals surface area contributed by atoms with Crippen LogP contribution in [0.15, 0.2) is 59.0 Å². The Labute approximate surface area is 163 Å². The Bertz CT molecular complexity index is 1190. The topological polar surface area (TPSA) is 126 Å². The minimum Gasteiger partial charge on any atom is -0.505 e. The highest BCUT2D eigenvalue weighted by Crippen LogP contribution is 2.39. The number of aromatic nitrogens is 4. The van der Waals surface area contributed by atoms with Crippen molar-refractivity contribution in [3.8, 4) is 5.75 Å². The molecule has 4 aromatic rings. The molecule has 9 nitrogen and oxygen atoms in total. The first-order valence-corrected chi connectivity index (χ1v) is 8.94. The van der Waals surface area contributed by atoms with Gasteiger partial charge in [0.05, 0.1) is 5.56 Å². The summed E-state index contributed by atoms with van der Waals surface area (Å²) in [6, 6.07) is 10.5. The number of azo groups is 1. The molecule has 0 aliphatic rings. The fraction of sp³-hybridized carbons (Fsp3) is 0.0556. The van der Waals surface area contributed by atoms with Crippen LogP contribution in [0.5, 0.6) is 5.75 Å². The number of carbonyl (C=O) groups excluding carboxylic acids is 1. The van der Waals surface area contributed by atoms with Crippen LogP contribution >= 0.6 is 11.5 Å². The Morgan fingerprint density at radius 1 is 1.14 bits per heavy atom. The number of phenols is 1. The summed E-state index contributed by atoms with van der Waals surface area (Å²) in [6.45, 7) is 1.75. The van der Waals surface area contributed by atoms with Crippen LogP contribution in [0.3, 0.4) is 0 Å². The second-order valence-electron chi connectivity index (χ2n) is 5.69. The molecular weight excluding hydrogens is 378 g/mol. The molecule has 4 rings (SSSR count). The molecule has 2 N–H and O–H groups in total. The average Bonchev–Trinajstić information content (AvgIpc) is 3.12. The van der Waals surface area contributed by atoms with E-state index < -0.39 is 5.91 Å². The van der Waals surface area contributed by atoms with E-state index in [-0.39, 0.29) is 22.9 Å². The second kappa shape index (κ2) is 7.45. The van der Waals surface area contributed by atoms with Gasteiger partial charge in [0.1, 0.15) is 11.5 Å². The maximum absolute atomic E-state index is 12.7. The fourth-order valence-electron chi connectivity index (χ4n) is 2.54. The normalized spacial score (nSPS) is 11.2. The van der Waals surface area contributed by atoms with E-state index in [0.29, 0.717) is 16.3 Å².